The highest BCUT2D eigenvalue weighted by atomic mass is 32.2. The van der Waals surface area contributed by atoms with Gasteiger partial charge in [0.2, 0.25) is 11.7 Å². The van der Waals surface area contributed by atoms with Gasteiger partial charge in [-0.2, -0.15) is 4.98 Å². The number of benzene rings is 1. The molecule has 1 N–H and O–H groups in total. The maximum atomic E-state index is 5.28. The predicted octanol–water partition coefficient (Wildman–Crippen LogP) is 3.98. The van der Waals surface area contributed by atoms with Gasteiger partial charge >= 0.3 is 0 Å². The summed E-state index contributed by atoms with van der Waals surface area (Å²) in [7, 11) is 1.65. The second-order valence-corrected chi connectivity index (χ2v) is 6.61. The molecule has 0 fully saturated rings. The molecule has 3 heterocycles. The summed E-state index contributed by atoms with van der Waals surface area (Å²) in [6.45, 7) is 0. The van der Waals surface area contributed by atoms with E-state index in [1.165, 1.54) is 11.8 Å². The minimum absolute atomic E-state index is 0.565. The first-order valence-electron chi connectivity index (χ1n) is 6.85. The maximum Gasteiger partial charge on any atom is 0.237 e. The van der Waals surface area contributed by atoms with Crippen molar-refractivity contribution in [2.45, 2.75) is 10.9 Å². The number of fused-ring (bicyclic) bond motifs is 1. The first-order valence-corrected chi connectivity index (χ1v) is 8.71. The molecule has 0 unspecified atom stereocenters. The van der Waals surface area contributed by atoms with Crippen LogP contribution in [0.5, 0.6) is 5.75 Å². The average molecular weight is 344 g/mol. The molecule has 0 amide bonds. The van der Waals surface area contributed by atoms with Crippen LogP contribution in [-0.4, -0.2) is 27.2 Å². The molecule has 0 bridgehead atoms. The number of H-pyrrole nitrogens is 1. The molecule has 1 aromatic carbocycles. The number of methoxy groups -OCH3 is 1. The van der Waals surface area contributed by atoms with Gasteiger partial charge in [-0.05, 0) is 23.6 Å². The smallest absolute Gasteiger partial charge is 0.237 e. The molecule has 0 aliphatic carbocycles. The van der Waals surface area contributed by atoms with Gasteiger partial charge in [0.15, 0.2) is 5.16 Å². The highest BCUT2D eigenvalue weighted by Crippen LogP contribution is 2.26. The molecular weight excluding hydrogens is 332 g/mol. The second-order valence-electron chi connectivity index (χ2n) is 4.70. The zero-order chi connectivity index (χ0) is 15.6. The summed E-state index contributed by atoms with van der Waals surface area (Å²) >= 11 is 3.11. The number of aromatic amines is 1. The lowest BCUT2D eigenvalue weighted by atomic mass is 10.3. The molecular formula is C15H12N4O2S2. The molecule has 23 heavy (non-hydrogen) atoms. The lowest BCUT2D eigenvalue weighted by Crippen LogP contribution is -1.82. The maximum absolute atomic E-state index is 5.28. The normalized spacial score (nSPS) is 11.2. The number of thioether (sulfide) groups is 1. The van der Waals surface area contributed by atoms with E-state index >= 15 is 0 Å². The molecule has 0 saturated heterocycles. The van der Waals surface area contributed by atoms with E-state index in [0.717, 1.165) is 26.8 Å². The van der Waals surface area contributed by atoms with Crippen molar-refractivity contribution in [2.24, 2.45) is 0 Å². The van der Waals surface area contributed by atoms with Gasteiger partial charge in [0.25, 0.3) is 0 Å². The van der Waals surface area contributed by atoms with E-state index in [-0.39, 0.29) is 0 Å². The van der Waals surface area contributed by atoms with Gasteiger partial charge in [0, 0.05) is 6.07 Å². The van der Waals surface area contributed by atoms with Crippen LogP contribution in [0.3, 0.4) is 0 Å². The fraction of sp³-hybridized carbons (Fsp3) is 0.133. The first-order chi connectivity index (χ1) is 11.3. The number of hydrogen-bond donors (Lipinski definition) is 1. The van der Waals surface area contributed by atoms with E-state index in [1.807, 2.05) is 35.7 Å². The molecule has 8 heteroatoms. The summed E-state index contributed by atoms with van der Waals surface area (Å²) < 4.78 is 10.5. The molecule has 0 atom stereocenters. The highest BCUT2D eigenvalue weighted by molar-refractivity contribution is 7.98. The molecule has 4 rings (SSSR count). The minimum Gasteiger partial charge on any atom is -0.497 e. The van der Waals surface area contributed by atoms with Crippen molar-refractivity contribution in [3.05, 3.63) is 41.6 Å². The van der Waals surface area contributed by atoms with Crippen LogP contribution in [0.2, 0.25) is 0 Å². The van der Waals surface area contributed by atoms with Gasteiger partial charge in [-0.25, -0.2) is 4.98 Å². The van der Waals surface area contributed by atoms with Crippen LogP contribution in [-0.2, 0) is 5.75 Å². The molecule has 4 aromatic rings. The Kier molecular flexibility index (Phi) is 3.76. The lowest BCUT2D eigenvalue weighted by Gasteiger charge is -1.96. The van der Waals surface area contributed by atoms with Crippen LogP contribution in [0.25, 0.3) is 21.7 Å². The van der Waals surface area contributed by atoms with Crippen molar-refractivity contribution in [3.8, 4) is 16.5 Å². The third kappa shape index (κ3) is 2.95. The number of hydrogen-bond acceptors (Lipinski definition) is 7. The number of nitrogens with one attached hydrogen (secondary N) is 1. The molecule has 3 aromatic heterocycles. The zero-order valence-electron chi connectivity index (χ0n) is 12.1. The summed E-state index contributed by atoms with van der Waals surface area (Å²) in [5.74, 6) is 2.58. The van der Waals surface area contributed by atoms with Gasteiger partial charge in [0.1, 0.15) is 5.75 Å². The first kappa shape index (κ1) is 14.3. The molecule has 6 nitrogen and oxygen atoms in total. The third-order valence-electron chi connectivity index (χ3n) is 3.21. The van der Waals surface area contributed by atoms with Crippen LogP contribution in [0.4, 0.5) is 0 Å². The molecule has 0 saturated carbocycles. The second kappa shape index (κ2) is 6.05. The number of aromatic nitrogens is 4. The Morgan fingerprint density at radius 2 is 2.26 bits per heavy atom. The quantitative estimate of drug-likeness (QED) is 0.552. The van der Waals surface area contributed by atoms with Crippen molar-refractivity contribution in [2.75, 3.05) is 7.11 Å². The van der Waals surface area contributed by atoms with E-state index in [9.17, 15) is 0 Å². The number of nitrogens with zero attached hydrogens (tertiary/aromatic N) is 3. The van der Waals surface area contributed by atoms with Crippen LogP contribution in [0.15, 0.2) is 45.4 Å². The lowest BCUT2D eigenvalue weighted by molar-refractivity contribution is 0.391. The minimum atomic E-state index is 0.565. The Morgan fingerprint density at radius 3 is 3.09 bits per heavy atom. The molecule has 0 aliphatic rings. The summed E-state index contributed by atoms with van der Waals surface area (Å²) in [4.78, 5) is 13.2. The van der Waals surface area contributed by atoms with E-state index in [1.54, 1.807) is 18.4 Å². The Balaban J connectivity index is 1.48. The van der Waals surface area contributed by atoms with Crippen LogP contribution >= 0.6 is 23.1 Å². The molecule has 0 aliphatic heterocycles. The van der Waals surface area contributed by atoms with E-state index < -0.39 is 0 Å². The SMILES string of the molecule is COc1ccc2nc(SCc3nc(-c4cccs4)no3)[nH]c2c1. The van der Waals surface area contributed by atoms with Crippen molar-refractivity contribution < 1.29 is 9.26 Å². The number of ether oxygens (including phenoxy) is 1. The summed E-state index contributed by atoms with van der Waals surface area (Å²) in [5.41, 5.74) is 1.84. The predicted molar refractivity (Wildman–Crippen MR) is 89.8 cm³/mol. The van der Waals surface area contributed by atoms with E-state index in [2.05, 4.69) is 20.1 Å². The van der Waals surface area contributed by atoms with Crippen LogP contribution < -0.4 is 4.74 Å². The van der Waals surface area contributed by atoms with Gasteiger partial charge < -0.3 is 14.2 Å². The van der Waals surface area contributed by atoms with Crippen molar-refractivity contribution in [1.82, 2.24) is 20.1 Å². The molecule has 116 valence electrons. The Morgan fingerprint density at radius 1 is 1.30 bits per heavy atom. The Hall–Kier alpha value is -2.32. The topological polar surface area (TPSA) is 76.8 Å². The van der Waals surface area contributed by atoms with Gasteiger partial charge in [0.05, 0.1) is 28.8 Å². The number of imidazole rings is 1. The largest absolute Gasteiger partial charge is 0.497 e. The van der Waals surface area contributed by atoms with Gasteiger partial charge in [-0.1, -0.05) is 23.0 Å². The zero-order valence-corrected chi connectivity index (χ0v) is 13.8. The molecule has 0 radical (unpaired) electrons. The van der Waals surface area contributed by atoms with E-state index in [0.29, 0.717) is 17.5 Å². The highest BCUT2D eigenvalue weighted by Gasteiger charge is 2.11. The average Bonchev–Trinajstić information content (AvgIpc) is 3.30. The number of rotatable bonds is 5. The Labute approximate surface area is 139 Å². The summed E-state index contributed by atoms with van der Waals surface area (Å²) in [6.07, 6.45) is 0. The van der Waals surface area contributed by atoms with Crippen molar-refractivity contribution in [3.63, 3.8) is 0 Å². The summed E-state index contributed by atoms with van der Waals surface area (Å²) in [6, 6.07) is 9.68. The number of thiophene rings is 1. The van der Waals surface area contributed by atoms with Crippen LogP contribution in [0.1, 0.15) is 5.89 Å². The van der Waals surface area contributed by atoms with Gasteiger partial charge in [-0.3, -0.25) is 0 Å². The third-order valence-corrected chi connectivity index (χ3v) is 4.93. The standard InChI is InChI=1S/C15H12N4O2S2/c1-20-9-4-5-10-11(7-9)17-15(16-10)23-8-13-18-14(19-21-13)12-3-2-6-22-12/h2-7H,8H2,1H3,(H,16,17). The fourth-order valence-electron chi connectivity index (χ4n) is 2.11. The fourth-order valence-corrected chi connectivity index (χ4v) is 3.48. The van der Waals surface area contributed by atoms with Gasteiger partial charge in [-0.15, -0.1) is 11.3 Å². The van der Waals surface area contributed by atoms with Crippen molar-refractivity contribution >= 4 is 34.1 Å². The monoisotopic (exact) mass is 344 g/mol. The van der Waals surface area contributed by atoms with Crippen molar-refractivity contribution in [1.29, 1.82) is 0 Å². The van der Waals surface area contributed by atoms with Crippen LogP contribution in [0, 0.1) is 0 Å². The summed E-state index contributed by atoms with van der Waals surface area (Å²) in [5, 5.41) is 6.80. The Bertz CT molecular complexity index is 930. The van der Waals surface area contributed by atoms with E-state index in [4.69, 9.17) is 9.26 Å². The molecule has 0 spiro atoms.